The van der Waals surface area contributed by atoms with Gasteiger partial charge in [0.2, 0.25) is 0 Å². The van der Waals surface area contributed by atoms with Crippen molar-refractivity contribution in [3.63, 3.8) is 0 Å². The van der Waals surface area contributed by atoms with Gasteiger partial charge < -0.3 is 5.21 Å². The van der Waals surface area contributed by atoms with Gasteiger partial charge in [0.05, 0.1) is 5.71 Å². The highest BCUT2D eigenvalue weighted by atomic mass is 32.2. The fourth-order valence-electron chi connectivity index (χ4n) is 2.21. The van der Waals surface area contributed by atoms with E-state index in [1.807, 2.05) is 11.8 Å². The minimum atomic E-state index is 0.474. The summed E-state index contributed by atoms with van der Waals surface area (Å²) < 4.78 is 0. The summed E-state index contributed by atoms with van der Waals surface area (Å²) in [5, 5.41) is 13.1. The minimum Gasteiger partial charge on any atom is -0.411 e. The molecule has 0 aromatic heterocycles. The summed E-state index contributed by atoms with van der Waals surface area (Å²) in [7, 11) is 0. The van der Waals surface area contributed by atoms with Crippen LogP contribution >= 0.6 is 23.5 Å². The molecule has 1 atom stereocenters. The van der Waals surface area contributed by atoms with E-state index in [0.717, 1.165) is 12.1 Å². The van der Waals surface area contributed by atoms with E-state index < -0.39 is 0 Å². The zero-order chi connectivity index (χ0) is 13.1. The highest BCUT2D eigenvalue weighted by molar-refractivity contribution is 8.03. The molecule has 0 spiro atoms. The first-order valence-electron chi connectivity index (χ1n) is 7.28. The number of hydrogen-bond donors (Lipinski definition) is 1. The van der Waals surface area contributed by atoms with E-state index in [9.17, 15) is 0 Å². The van der Waals surface area contributed by atoms with Crippen LogP contribution in [-0.4, -0.2) is 33.4 Å². The van der Waals surface area contributed by atoms with Crippen LogP contribution in [0.15, 0.2) is 5.16 Å². The van der Waals surface area contributed by atoms with E-state index in [1.54, 1.807) is 0 Å². The SMILES string of the molecule is CCCCSCCS[C@H]1CCCCCC/C1=N/O. The molecule has 0 amide bonds. The molecule has 1 saturated carbocycles. The second-order valence-corrected chi connectivity index (χ2v) is 7.40. The third-order valence-corrected chi connectivity index (χ3v) is 6.02. The lowest BCUT2D eigenvalue weighted by atomic mass is 9.99. The first kappa shape index (κ1) is 16.2. The van der Waals surface area contributed by atoms with Crippen molar-refractivity contribution >= 4 is 29.2 Å². The Balaban J connectivity index is 2.19. The summed E-state index contributed by atoms with van der Waals surface area (Å²) in [5.74, 6) is 3.72. The molecule has 0 radical (unpaired) electrons. The molecule has 1 fully saturated rings. The maximum atomic E-state index is 9.12. The van der Waals surface area contributed by atoms with Crippen molar-refractivity contribution < 1.29 is 5.21 Å². The number of hydrogen-bond acceptors (Lipinski definition) is 4. The van der Waals surface area contributed by atoms with Crippen LogP contribution in [0.1, 0.15) is 58.3 Å². The summed E-state index contributed by atoms with van der Waals surface area (Å²) in [6.45, 7) is 2.24. The Morgan fingerprint density at radius 3 is 2.78 bits per heavy atom. The van der Waals surface area contributed by atoms with Gasteiger partial charge in [-0.1, -0.05) is 37.8 Å². The monoisotopic (exact) mass is 289 g/mol. The van der Waals surface area contributed by atoms with Crippen LogP contribution in [0.25, 0.3) is 0 Å². The van der Waals surface area contributed by atoms with Gasteiger partial charge in [-0.3, -0.25) is 0 Å². The zero-order valence-electron chi connectivity index (χ0n) is 11.6. The molecule has 4 heteroatoms. The van der Waals surface area contributed by atoms with Gasteiger partial charge in [-0.2, -0.15) is 23.5 Å². The number of oxime groups is 1. The lowest BCUT2D eigenvalue weighted by Crippen LogP contribution is -2.20. The van der Waals surface area contributed by atoms with E-state index in [0.29, 0.717) is 5.25 Å². The molecule has 0 bridgehead atoms. The van der Waals surface area contributed by atoms with Crippen molar-refractivity contribution in [1.29, 1.82) is 0 Å². The van der Waals surface area contributed by atoms with Gasteiger partial charge in [-0.15, -0.1) is 0 Å². The highest BCUT2D eigenvalue weighted by Crippen LogP contribution is 2.26. The second-order valence-electron chi connectivity index (χ2n) is 4.87. The van der Waals surface area contributed by atoms with Crippen molar-refractivity contribution in [1.82, 2.24) is 0 Å². The van der Waals surface area contributed by atoms with Gasteiger partial charge in [-0.25, -0.2) is 0 Å². The first-order valence-corrected chi connectivity index (χ1v) is 9.49. The fourth-order valence-corrected chi connectivity index (χ4v) is 4.74. The summed E-state index contributed by atoms with van der Waals surface area (Å²) in [4.78, 5) is 0. The fraction of sp³-hybridized carbons (Fsp3) is 0.929. The van der Waals surface area contributed by atoms with E-state index in [2.05, 4.69) is 23.8 Å². The molecule has 0 unspecified atom stereocenters. The normalized spacial score (nSPS) is 23.8. The predicted octanol–water partition coefficient (Wildman–Crippen LogP) is 4.81. The summed E-state index contributed by atoms with van der Waals surface area (Å²) in [6.07, 6.45) is 9.96. The number of thioether (sulfide) groups is 2. The largest absolute Gasteiger partial charge is 0.411 e. The molecule has 106 valence electrons. The predicted molar refractivity (Wildman–Crippen MR) is 85.4 cm³/mol. The lowest BCUT2D eigenvalue weighted by Gasteiger charge is -2.20. The molecule has 1 N–H and O–H groups in total. The Labute approximate surface area is 120 Å². The topological polar surface area (TPSA) is 32.6 Å². The number of rotatable bonds is 7. The Morgan fingerprint density at radius 2 is 2.00 bits per heavy atom. The molecule has 0 heterocycles. The van der Waals surface area contributed by atoms with E-state index in [-0.39, 0.29) is 0 Å². The second kappa shape index (κ2) is 11.0. The quantitative estimate of drug-likeness (QED) is 0.415. The van der Waals surface area contributed by atoms with E-state index in [4.69, 9.17) is 5.21 Å². The summed E-state index contributed by atoms with van der Waals surface area (Å²) in [5.41, 5.74) is 1.04. The Bertz CT molecular complexity index is 234. The van der Waals surface area contributed by atoms with Crippen LogP contribution in [0.3, 0.4) is 0 Å². The van der Waals surface area contributed by atoms with Crippen molar-refractivity contribution in [2.75, 3.05) is 17.3 Å². The van der Waals surface area contributed by atoms with Gasteiger partial charge in [0.1, 0.15) is 0 Å². The molecular formula is C14H27NOS2. The summed E-state index contributed by atoms with van der Waals surface area (Å²) >= 11 is 4.06. The van der Waals surface area contributed by atoms with Crippen molar-refractivity contribution in [3.05, 3.63) is 0 Å². The van der Waals surface area contributed by atoms with Crippen LogP contribution < -0.4 is 0 Å². The van der Waals surface area contributed by atoms with Crippen molar-refractivity contribution in [2.45, 2.75) is 63.5 Å². The first-order chi connectivity index (χ1) is 8.88. The van der Waals surface area contributed by atoms with Gasteiger partial charge in [0.25, 0.3) is 0 Å². The van der Waals surface area contributed by atoms with Crippen molar-refractivity contribution in [3.8, 4) is 0 Å². The molecule has 0 saturated heterocycles. The van der Waals surface area contributed by atoms with Crippen LogP contribution in [0.2, 0.25) is 0 Å². The number of nitrogens with zero attached hydrogens (tertiary/aromatic N) is 1. The molecule has 2 nitrogen and oxygen atoms in total. The summed E-state index contributed by atoms with van der Waals surface area (Å²) in [6, 6.07) is 0. The average Bonchev–Trinajstić information content (AvgIpc) is 2.36. The van der Waals surface area contributed by atoms with Gasteiger partial charge in [0.15, 0.2) is 0 Å². The minimum absolute atomic E-state index is 0.474. The van der Waals surface area contributed by atoms with Crippen LogP contribution in [0.5, 0.6) is 0 Å². The molecule has 0 aromatic rings. The third kappa shape index (κ3) is 6.93. The maximum Gasteiger partial charge on any atom is 0.0700 e. The van der Waals surface area contributed by atoms with Gasteiger partial charge in [-0.05, 0) is 31.4 Å². The van der Waals surface area contributed by atoms with Gasteiger partial charge in [0, 0.05) is 16.8 Å². The van der Waals surface area contributed by atoms with E-state index in [1.165, 1.54) is 62.2 Å². The average molecular weight is 290 g/mol. The molecule has 0 aliphatic heterocycles. The molecule has 18 heavy (non-hydrogen) atoms. The third-order valence-electron chi connectivity index (χ3n) is 3.34. The highest BCUT2D eigenvalue weighted by Gasteiger charge is 2.18. The molecular weight excluding hydrogens is 262 g/mol. The maximum absolute atomic E-state index is 9.12. The van der Waals surface area contributed by atoms with E-state index >= 15 is 0 Å². The van der Waals surface area contributed by atoms with Crippen LogP contribution in [-0.2, 0) is 0 Å². The Kier molecular flexibility index (Phi) is 9.95. The standard InChI is InChI=1S/C14H27NOS2/c1-2-3-10-17-11-12-18-14-9-7-5-4-6-8-13(14)15-16/h14,16H,2-12H2,1H3/b15-13-/t14-/m0/s1. The molecule has 1 aliphatic rings. The smallest absolute Gasteiger partial charge is 0.0700 e. The zero-order valence-corrected chi connectivity index (χ0v) is 13.2. The number of unbranched alkanes of at least 4 members (excludes halogenated alkanes) is 1. The van der Waals surface area contributed by atoms with Crippen LogP contribution in [0.4, 0.5) is 0 Å². The van der Waals surface area contributed by atoms with Crippen LogP contribution in [0, 0.1) is 0 Å². The lowest BCUT2D eigenvalue weighted by molar-refractivity contribution is 0.315. The molecule has 0 aromatic carbocycles. The van der Waals surface area contributed by atoms with Crippen molar-refractivity contribution in [2.24, 2.45) is 5.16 Å². The molecule has 1 aliphatic carbocycles. The molecule has 1 rings (SSSR count). The Hall–Kier alpha value is 0.170. The van der Waals surface area contributed by atoms with Gasteiger partial charge >= 0.3 is 0 Å². The Morgan fingerprint density at radius 1 is 1.17 bits per heavy atom.